The van der Waals surface area contributed by atoms with Crippen molar-refractivity contribution in [1.82, 2.24) is 24.5 Å². The highest BCUT2D eigenvalue weighted by molar-refractivity contribution is 5.85. The van der Waals surface area contributed by atoms with Crippen LogP contribution >= 0.6 is 0 Å². The standard InChI is InChI=1S/C29H28FN7O2/c1-29(2,38)20-39-25-14-26(28-22(15-31)17-34-37(28)19-25)21-5-8-27(33-16-21)36-12-10-35(11-13-36)9-3-4-24-7-6-23(30)18-32-24/h5-8,14,16-19,38H,9-13,20H2,1-2H3. The molecular formula is C29H28FN7O2. The summed E-state index contributed by atoms with van der Waals surface area (Å²) in [6.45, 7) is 7.40. The van der Waals surface area contributed by atoms with Crippen LogP contribution in [0.15, 0.2) is 55.1 Å². The minimum atomic E-state index is -0.989. The normalized spacial score (nSPS) is 14.1. The maximum atomic E-state index is 13.0. The second-order valence-corrected chi connectivity index (χ2v) is 9.99. The number of rotatable bonds is 6. The Morgan fingerprint density at radius 3 is 2.56 bits per heavy atom. The summed E-state index contributed by atoms with van der Waals surface area (Å²) in [5, 5.41) is 24.0. The summed E-state index contributed by atoms with van der Waals surface area (Å²) >= 11 is 0. The van der Waals surface area contributed by atoms with Crippen molar-refractivity contribution in [3.63, 3.8) is 0 Å². The van der Waals surface area contributed by atoms with Gasteiger partial charge in [-0.1, -0.05) is 5.92 Å². The minimum Gasteiger partial charge on any atom is -0.489 e. The topological polar surface area (TPSA) is 103 Å². The fraction of sp³-hybridized carbons (Fsp3) is 0.310. The van der Waals surface area contributed by atoms with E-state index in [9.17, 15) is 14.8 Å². The van der Waals surface area contributed by atoms with Crippen LogP contribution < -0.4 is 9.64 Å². The third kappa shape index (κ3) is 6.32. The lowest BCUT2D eigenvalue weighted by atomic mass is 10.1. The van der Waals surface area contributed by atoms with Crippen molar-refractivity contribution < 1.29 is 14.2 Å². The molecule has 39 heavy (non-hydrogen) atoms. The van der Waals surface area contributed by atoms with Crippen LogP contribution in [0.5, 0.6) is 5.75 Å². The average Bonchev–Trinajstić information content (AvgIpc) is 3.36. The molecule has 1 N–H and O–H groups in total. The Labute approximate surface area is 226 Å². The van der Waals surface area contributed by atoms with Crippen molar-refractivity contribution in [3.05, 3.63) is 72.2 Å². The van der Waals surface area contributed by atoms with Gasteiger partial charge in [0, 0.05) is 43.5 Å². The maximum Gasteiger partial charge on any atom is 0.141 e. The van der Waals surface area contributed by atoms with Crippen molar-refractivity contribution in [2.45, 2.75) is 19.4 Å². The largest absolute Gasteiger partial charge is 0.489 e. The lowest BCUT2D eigenvalue weighted by Crippen LogP contribution is -2.46. The molecule has 10 heteroatoms. The van der Waals surface area contributed by atoms with Gasteiger partial charge in [0.1, 0.15) is 35.8 Å². The summed E-state index contributed by atoms with van der Waals surface area (Å²) < 4.78 is 20.4. The Morgan fingerprint density at radius 2 is 1.90 bits per heavy atom. The van der Waals surface area contributed by atoms with Gasteiger partial charge < -0.3 is 14.7 Å². The third-order valence-corrected chi connectivity index (χ3v) is 6.30. The molecule has 1 aliphatic rings. The summed E-state index contributed by atoms with van der Waals surface area (Å²) in [7, 11) is 0. The molecule has 1 fully saturated rings. The first-order valence-electron chi connectivity index (χ1n) is 12.6. The van der Waals surface area contributed by atoms with Gasteiger partial charge in [0.15, 0.2) is 0 Å². The first-order valence-corrected chi connectivity index (χ1v) is 12.6. The zero-order valence-electron chi connectivity index (χ0n) is 21.8. The van der Waals surface area contributed by atoms with E-state index < -0.39 is 5.60 Å². The van der Waals surface area contributed by atoms with Crippen LogP contribution in [-0.2, 0) is 0 Å². The Balaban J connectivity index is 1.27. The lowest BCUT2D eigenvalue weighted by Gasteiger charge is -2.34. The first kappa shape index (κ1) is 26.1. The number of hydrogen-bond donors (Lipinski definition) is 1. The molecular weight excluding hydrogens is 497 g/mol. The molecule has 5 heterocycles. The van der Waals surface area contributed by atoms with Gasteiger partial charge in [-0.05, 0) is 50.1 Å². The number of nitrogens with zero attached hydrogens (tertiary/aromatic N) is 7. The zero-order chi connectivity index (χ0) is 27.4. The van der Waals surface area contributed by atoms with Crippen molar-refractivity contribution in [1.29, 1.82) is 5.26 Å². The number of ether oxygens (including phenoxy) is 1. The molecule has 0 bridgehead atoms. The first-order chi connectivity index (χ1) is 18.8. The molecule has 198 valence electrons. The molecule has 4 aromatic rings. The van der Waals surface area contributed by atoms with Crippen LogP contribution in [0.1, 0.15) is 25.1 Å². The summed E-state index contributed by atoms with van der Waals surface area (Å²) in [6, 6.07) is 11.0. The van der Waals surface area contributed by atoms with Gasteiger partial charge in [0.25, 0.3) is 0 Å². The van der Waals surface area contributed by atoms with Gasteiger partial charge in [-0.25, -0.2) is 18.9 Å². The van der Waals surface area contributed by atoms with E-state index in [1.54, 1.807) is 36.8 Å². The van der Waals surface area contributed by atoms with E-state index >= 15 is 0 Å². The predicted octanol–water partition coefficient (Wildman–Crippen LogP) is 3.13. The van der Waals surface area contributed by atoms with E-state index in [-0.39, 0.29) is 12.4 Å². The highest BCUT2D eigenvalue weighted by atomic mass is 19.1. The van der Waals surface area contributed by atoms with Gasteiger partial charge in [0.2, 0.25) is 0 Å². The summed E-state index contributed by atoms with van der Waals surface area (Å²) in [5.41, 5.74) is 2.30. The molecule has 0 atom stereocenters. The number of hydrogen-bond acceptors (Lipinski definition) is 8. The monoisotopic (exact) mass is 525 g/mol. The predicted molar refractivity (Wildman–Crippen MR) is 145 cm³/mol. The van der Waals surface area contributed by atoms with Crippen LogP contribution in [0.25, 0.3) is 16.6 Å². The molecule has 0 amide bonds. The van der Waals surface area contributed by atoms with Crippen molar-refractivity contribution in [3.8, 4) is 34.8 Å². The van der Waals surface area contributed by atoms with Crippen LogP contribution in [0.4, 0.5) is 10.2 Å². The van der Waals surface area contributed by atoms with Gasteiger partial charge in [0.05, 0.1) is 41.8 Å². The molecule has 1 saturated heterocycles. The maximum absolute atomic E-state index is 13.0. The number of pyridine rings is 3. The highest BCUT2D eigenvalue weighted by Crippen LogP contribution is 2.31. The Bertz CT molecular complexity index is 1550. The Morgan fingerprint density at radius 1 is 1.08 bits per heavy atom. The van der Waals surface area contributed by atoms with Crippen molar-refractivity contribution in [2.24, 2.45) is 0 Å². The lowest BCUT2D eigenvalue weighted by molar-refractivity contribution is 0.0283. The second-order valence-electron chi connectivity index (χ2n) is 9.99. The molecule has 0 spiro atoms. The van der Waals surface area contributed by atoms with Gasteiger partial charge in [-0.3, -0.25) is 4.90 Å². The van der Waals surface area contributed by atoms with Gasteiger partial charge in [-0.15, -0.1) is 0 Å². The third-order valence-electron chi connectivity index (χ3n) is 6.30. The van der Waals surface area contributed by atoms with E-state index in [2.05, 4.69) is 37.8 Å². The number of aromatic nitrogens is 4. The van der Waals surface area contributed by atoms with Crippen LogP contribution in [-0.4, -0.2) is 74.5 Å². The SMILES string of the molecule is CC(C)(O)COc1cc(-c2ccc(N3CCN(CC#Cc4ccc(F)cn4)CC3)nc2)c2c(C#N)cnn2c1. The van der Waals surface area contributed by atoms with E-state index in [1.165, 1.54) is 18.5 Å². The Kier molecular flexibility index (Phi) is 7.42. The number of piperazine rings is 1. The molecule has 1 aliphatic heterocycles. The van der Waals surface area contributed by atoms with E-state index in [1.807, 2.05) is 18.2 Å². The van der Waals surface area contributed by atoms with E-state index in [0.29, 0.717) is 29.1 Å². The fourth-order valence-electron chi connectivity index (χ4n) is 4.30. The molecule has 9 nitrogen and oxygen atoms in total. The van der Waals surface area contributed by atoms with E-state index in [4.69, 9.17) is 9.72 Å². The number of nitriles is 1. The Hall–Kier alpha value is -4.51. The van der Waals surface area contributed by atoms with Crippen molar-refractivity contribution in [2.75, 3.05) is 44.2 Å². The quantitative estimate of drug-likeness (QED) is 0.383. The molecule has 0 radical (unpaired) electrons. The van der Waals surface area contributed by atoms with Crippen molar-refractivity contribution >= 4 is 11.3 Å². The van der Waals surface area contributed by atoms with E-state index in [0.717, 1.165) is 43.1 Å². The fourth-order valence-corrected chi connectivity index (χ4v) is 4.30. The molecule has 0 saturated carbocycles. The smallest absolute Gasteiger partial charge is 0.141 e. The van der Waals surface area contributed by atoms with Gasteiger partial charge >= 0.3 is 0 Å². The molecule has 0 unspecified atom stereocenters. The van der Waals surface area contributed by atoms with Crippen LogP contribution in [0.3, 0.4) is 0 Å². The van der Waals surface area contributed by atoms with Crippen LogP contribution in [0.2, 0.25) is 0 Å². The number of fused-ring (bicyclic) bond motifs is 1. The van der Waals surface area contributed by atoms with Gasteiger partial charge in [-0.2, -0.15) is 10.4 Å². The highest BCUT2D eigenvalue weighted by Gasteiger charge is 2.19. The molecule has 0 aliphatic carbocycles. The zero-order valence-corrected chi connectivity index (χ0v) is 21.8. The molecule has 4 aromatic heterocycles. The van der Waals surface area contributed by atoms with Crippen LogP contribution in [0, 0.1) is 29.0 Å². The number of halogens is 1. The average molecular weight is 526 g/mol. The summed E-state index contributed by atoms with van der Waals surface area (Å²) in [6.07, 6.45) is 6.20. The molecule has 0 aromatic carbocycles. The molecule has 5 rings (SSSR count). The second kappa shape index (κ2) is 11.1. The number of aliphatic hydroxyl groups is 1. The minimum absolute atomic E-state index is 0.113. The summed E-state index contributed by atoms with van der Waals surface area (Å²) in [4.78, 5) is 13.2. The number of anilines is 1. The summed E-state index contributed by atoms with van der Waals surface area (Å²) in [5.74, 6) is 7.13.